The van der Waals surface area contributed by atoms with Crippen LogP contribution in [0.2, 0.25) is 5.02 Å². The number of para-hydroxylation sites is 1. The number of nitro groups is 1. The van der Waals surface area contributed by atoms with Gasteiger partial charge in [0.2, 0.25) is 0 Å². The maximum absolute atomic E-state index is 11.1. The third kappa shape index (κ3) is 2.57. The van der Waals surface area contributed by atoms with Gasteiger partial charge in [-0.3, -0.25) is 10.1 Å². The monoisotopic (exact) mass is 270 g/mol. The van der Waals surface area contributed by atoms with Crippen LogP contribution in [0.3, 0.4) is 0 Å². The van der Waals surface area contributed by atoms with E-state index in [2.05, 4.69) is 0 Å². The quantitative estimate of drug-likeness (QED) is 0.677. The molecule has 1 aromatic rings. The lowest BCUT2D eigenvalue weighted by Gasteiger charge is -2.32. The lowest BCUT2D eigenvalue weighted by Crippen LogP contribution is -2.35. The van der Waals surface area contributed by atoms with Gasteiger partial charge < -0.3 is 10.0 Å². The van der Waals surface area contributed by atoms with Gasteiger partial charge in [0.05, 0.1) is 4.92 Å². The average Bonchev–Trinajstić information content (AvgIpc) is 2.38. The van der Waals surface area contributed by atoms with Crippen molar-refractivity contribution in [2.75, 3.05) is 24.6 Å². The first kappa shape index (κ1) is 13.1. The number of benzene rings is 1. The van der Waals surface area contributed by atoms with E-state index in [1.165, 1.54) is 6.07 Å². The average molecular weight is 271 g/mol. The summed E-state index contributed by atoms with van der Waals surface area (Å²) < 4.78 is 0. The second-order valence-electron chi connectivity index (χ2n) is 4.48. The molecule has 0 unspecified atom stereocenters. The van der Waals surface area contributed by atoms with Gasteiger partial charge in [0.1, 0.15) is 10.7 Å². The lowest BCUT2D eigenvalue weighted by atomic mass is 9.97. The summed E-state index contributed by atoms with van der Waals surface area (Å²) in [5.41, 5.74) is 0.547. The maximum Gasteiger partial charge on any atom is 0.310 e. The summed E-state index contributed by atoms with van der Waals surface area (Å²) in [7, 11) is 0. The van der Waals surface area contributed by atoms with Gasteiger partial charge in [-0.25, -0.2) is 0 Å². The van der Waals surface area contributed by atoms with Crippen molar-refractivity contribution in [3.8, 4) is 0 Å². The predicted molar refractivity (Wildman–Crippen MR) is 70.1 cm³/mol. The fraction of sp³-hybridized carbons (Fsp3) is 0.500. The minimum absolute atomic E-state index is 0.0263. The van der Waals surface area contributed by atoms with E-state index in [9.17, 15) is 10.1 Å². The summed E-state index contributed by atoms with van der Waals surface area (Å²) in [5, 5.41) is 20.3. The van der Waals surface area contributed by atoms with Crippen molar-refractivity contribution >= 4 is 23.0 Å². The molecule has 1 fully saturated rings. The zero-order valence-electron chi connectivity index (χ0n) is 9.88. The summed E-state index contributed by atoms with van der Waals surface area (Å²) >= 11 is 5.89. The van der Waals surface area contributed by atoms with E-state index >= 15 is 0 Å². The Bertz CT molecular complexity index is 445. The van der Waals surface area contributed by atoms with E-state index in [0.717, 1.165) is 12.8 Å². The Morgan fingerprint density at radius 1 is 1.44 bits per heavy atom. The van der Waals surface area contributed by atoms with Crippen LogP contribution in [0.15, 0.2) is 18.2 Å². The van der Waals surface area contributed by atoms with Gasteiger partial charge in [-0.15, -0.1) is 0 Å². The van der Waals surface area contributed by atoms with E-state index in [1.54, 1.807) is 12.1 Å². The smallest absolute Gasteiger partial charge is 0.310 e. The van der Waals surface area contributed by atoms with Crippen LogP contribution in [-0.2, 0) is 0 Å². The van der Waals surface area contributed by atoms with Crippen molar-refractivity contribution in [2.24, 2.45) is 5.92 Å². The normalized spacial score (nSPS) is 16.9. The Morgan fingerprint density at radius 3 is 2.67 bits per heavy atom. The Morgan fingerprint density at radius 2 is 2.11 bits per heavy atom. The molecule has 2 rings (SSSR count). The second kappa shape index (κ2) is 5.54. The third-order valence-corrected chi connectivity index (χ3v) is 3.67. The second-order valence-corrected chi connectivity index (χ2v) is 4.88. The van der Waals surface area contributed by atoms with Gasteiger partial charge in [0, 0.05) is 19.7 Å². The molecule has 1 aromatic carbocycles. The highest BCUT2D eigenvalue weighted by Gasteiger charge is 2.26. The lowest BCUT2D eigenvalue weighted by molar-refractivity contribution is -0.384. The minimum Gasteiger partial charge on any atom is -0.396 e. The molecule has 0 bridgehead atoms. The third-order valence-electron chi connectivity index (χ3n) is 3.36. The number of rotatable bonds is 3. The van der Waals surface area contributed by atoms with Crippen molar-refractivity contribution in [1.82, 2.24) is 0 Å². The van der Waals surface area contributed by atoms with Crippen LogP contribution in [-0.4, -0.2) is 29.7 Å². The number of anilines is 1. The molecule has 0 atom stereocenters. The van der Waals surface area contributed by atoms with Gasteiger partial charge in [-0.05, 0) is 30.9 Å². The number of hydrogen-bond donors (Lipinski definition) is 1. The molecule has 1 heterocycles. The molecule has 1 saturated heterocycles. The van der Waals surface area contributed by atoms with Crippen molar-refractivity contribution in [2.45, 2.75) is 12.8 Å². The summed E-state index contributed by atoms with van der Waals surface area (Å²) in [6.45, 7) is 1.62. The van der Waals surface area contributed by atoms with Crippen LogP contribution in [0.4, 0.5) is 11.4 Å². The van der Waals surface area contributed by atoms with Gasteiger partial charge in [-0.2, -0.15) is 0 Å². The van der Waals surface area contributed by atoms with E-state index in [-0.39, 0.29) is 17.3 Å². The standard InChI is InChI=1S/C12H15ClN2O3/c13-10-2-1-3-11(12(10)15(17)18)14-6-4-9(8-16)5-7-14/h1-3,9,16H,4-8H2. The largest absolute Gasteiger partial charge is 0.396 e. The molecule has 0 amide bonds. The van der Waals surface area contributed by atoms with Crippen molar-refractivity contribution in [3.05, 3.63) is 33.3 Å². The Hall–Kier alpha value is -1.33. The number of nitrogens with zero attached hydrogens (tertiary/aromatic N) is 2. The molecular weight excluding hydrogens is 256 g/mol. The SMILES string of the molecule is O=[N+]([O-])c1c(Cl)cccc1N1CCC(CO)CC1. The summed E-state index contributed by atoms with van der Waals surface area (Å²) in [6, 6.07) is 4.98. The number of aliphatic hydroxyl groups is 1. The summed E-state index contributed by atoms with van der Waals surface area (Å²) in [5.74, 6) is 0.305. The Labute approximate surface area is 110 Å². The van der Waals surface area contributed by atoms with E-state index in [0.29, 0.717) is 24.7 Å². The molecule has 6 heteroatoms. The highest BCUT2D eigenvalue weighted by atomic mass is 35.5. The topological polar surface area (TPSA) is 66.6 Å². The highest BCUT2D eigenvalue weighted by Crippen LogP contribution is 2.36. The van der Waals surface area contributed by atoms with Crippen LogP contribution in [0, 0.1) is 16.0 Å². The zero-order chi connectivity index (χ0) is 13.1. The molecule has 98 valence electrons. The van der Waals surface area contributed by atoms with Crippen LogP contribution >= 0.6 is 11.6 Å². The number of aliphatic hydroxyl groups excluding tert-OH is 1. The van der Waals surface area contributed by atoms with E-state index in [1.807, 2.05) is 4.90 Å². The molecule has 0 radical (unpaired) electrons. The van der Waals surface area contributed by atoms with Crippen LogP contribution < -0.4 is 4.90 Å². The molecule has 18 heavy (non-hydrogen) atoms. The number of hydrogen-bond acceptors (Lipinski definition) is 4. The Kier molecular flexibility index (Phi) is 4.04. The first-order valence-electron chi connectivity index (χ1n) is 5.92. The van der Waals surface area contributed by atoms with Gasteiger partial charge in [0.15, 0.2) is 0 Å². The van der Waals surface area contributed by atoms with Crippen LogP contribution in [0.1, 0.15) is 12.8 Å². The Balaban J connectivity index is 2.24. The highest BCUT2D eigenvalue weighted by molar-refractivity contribution is 6.33. The van der Waals surface area contributed by atoms with Gasteiger partial charge >= 0.3 is 5.69 Å². The first-order valence-corrected chi connectivity index (χ1v) is 6.30. The van der Waals surface area contributed by atoms with E-state index in [4.69, 9.17) is 16.7 Å². The molecule has 1 aliphatic heterocycles. The molecular formula is C12H15ClN2O3. The number of halogens is 1. The number of piperidine rings is 1. The summed E-state index contributed by atoms with van der Waals surface area (Å²) in [4.78, 5) is 12.6. The molecule has 0 saturated carbocycles. The molecule has 1 aliphatic rings. The molecule has 0 spiro atoms. The molecule has 5 nitrogen and oxygen atoms in total. The van der Waals surface area contributed by atoms with Gasteiger partial charge in [-0.1, -0.05) is 17.7 Å². The van der Waals surface area contributed by atoms with E-state index < -0.39 is 4.92 Å². The first-order chi connectivity index (χ1) is 8.63. The summed E-state index contributed by atoms with van der Waals surface area (Å²) in [6.07, 6.45) is 1.69. The van der Waals surface area contributed by atoms with Gasteiger partial charge in [0.25, 0.3) is 0 Å². The molecule has 1 N–H and O–H groups in total. The fourth-order valence-corrected chi connectivity index (χ4v) is 2.53. The van der Waals surface area contributed by atoms with Crippen molar-refractivity contribution < 1.29 is 10.0 Å². The van der Waals surface area contributed by atoms with Crippen LogP contribution in [0.5, 0.6) is 0 Å². The predicted octanol–water partition coefficient (Wildman–Crippen LogP) is 2.46. The van der Waals surface area contributed by atoms with Crippen molar-refractivity contribution in [3.63, 3.8) is 0 Å². The number of nitro benzene ring substituents is 1. The maximum atomic E-state index is 11.1. The molecule has 0 aromatic heterocycles. The molecule has 0 aliphatic carbocycles. The fourth-order valence-electron chi connectivity index (χ4n) is 2.30. The zero-order valence-corrected chi connectivity index (χ0v) is 10.6. The van der Waals surface area contributed by atoms with Crippen LogP contribution in [0.25, 0.3) is 0 Å². The minimum atomic E-state index is -0.435. The van der Waals surface area contributed by atoms with Crippen molar-refractivity contribution in [1.29, 1.82) is 0 Å².